The highest BCUT2D eigenvalue weighted by atomic mass is 79.9. The average Bonchev–Trinajstić information content (AvgIpc) is 2.99. The van der Waals surface area contributed by atoms with Crippen LogP contribution < -0.4 is 5.32 Å². The largest absolute Gasteiger partial charge is 0.383 e. The minimum atomic E-state index is -0.0177. The summed E-state index contributed by atoms with van der Waals surface area (Å²) in [5, 5.41) is 6.12. The molecule has 1 heterocycles. The second-order valence-electron chi connectivity index (χ2n) is 5.94. The van der Waals surface area contributed by atoms with Crippen LogP contribution in [0.5, 0.6) is 0 Å². The number of H-pyrrole nitrogens is 1. The van der Waals surface area contributed by atoms with Gasteiger partial charge in [0.2, 0.25) is 5.78 Å². The van der Waals surface area contributed by atoms with E-state index in [1.165, 1.54) is 0 Å². The molecule has 2 aromatic carbocycles. The third-order valence-electron chi connectivity index (χ3n) is 4.14. The third-order valence-corrected chi connectivity index (χ3v) is 4.93. The number of fused-ring (bicyclic) bond motifs is 1. The topological polar surface area (TPSA) is 44.9 Å². The van der Waals surface area contributed by atoms with Crippen LogP contribution >= 0.6 is 27.5 Å². The first-order valence-electron chi connectivity index (χ1n) is 8.41. The molecule has 130 valence electrons. The Labute approximate surface area is 160 Å². The van der Waals surface area contributed by atoms with Crippen molar-refractivity contribution >= 4 is 49.9 Å². The van der Waals surface area contributed by atoms with Crippen molar-refractivity contribution in [2.45, 2.75) is 19.3 Å². The summed E-state index contributed by atoms with van der Waals surface area (Å²) in [6.07, 6.45) is 3.36. The predicted octanol–water partition coefficient (Wildman–Crippen LogP) is 6.03. The van der Waals surface area contributed by atoms with Gasteiger partial charge in [-0.25, -0.2) is 0 Å². The Morgan fingerprint density at radius 1 is 1.08 bits per heavy atom. The van der Waals surface area contributed by atoms with E-state index in [0.717, 1.165) is 47.7 Å². The van der Waals surface area contributed by atoms with Gasteiger partial charge in [0.25, 0.3) is 0 Å². The highest BCUT2D eigenvalue weighted by molar-refractivity contribution is 9.09. The molecule has 3 aromatic rings. The molecule has 3 nitrogen and oxygen atoms in total. The van der Waals surface area contributed by atoms with Gasteiger partial charge in [-0.15, -0.1) is 0 Å². The minimum absolute atomic E-state index is 0.0177. The van der Waals surface area contributed by atoms with Gasteiger partial charge in [0, 0.05) is 33.4 Å². The van der Waals surface area contributed by atoms with Crippen LogP contribution in [0, 0.1) is 0 Å². The number of nitrogens with one attached hydrogen (secondary N) is 2. The molecular weight excluding hydrogens is 400 g/mol. The lowest BCUT2D eigenvalue weighted by Gasteiger charge is -2.08. The van der Waals surface area contributed by atoms with Gasteiger partial charge in [-0.2, -0.15) is 0 Å². The zero-order chi connectivity index (χ0) is 17.6. The molecule has 0 atom stereocenters. The fourth-order valence-electron chi connectivity index (χ4n) is 2.87. The first-order chi connectivity index (χ1) is 12.2. The van der Waals surface area contributed by atoms with Gasteiger partial charge in [0.1, 0.15) is 5.69 Å². The molecule has 1 aromatic heterocycles. The number of carbonyl (C=O) groups excluding carboxylic acids is 1. The summed E-state index contributed by atoms with van der Waals surface area (Å²) in [4.78, 5) is 16.2. The number of aromatic nitrogens is 1. The van der Waals surface area contributed by atoms with Gasteiger partial charge in [0.15, 0.2) is 0 Å². The number of unbranched alkanes of at least 4 members (excludes halogenated alkanes) is 2. The summed E-state index contributed by atoms with van der Waals surface area (Å²) in [5.74, 6) is -0.0177. The standard InChI is InChI=1S/C20H20BrClN2O/c21-11-5-2-6-12-23-18-16-10-9-15(22)13-17(16)24-19(18)20(25)14-7-3-1-4-8-14/h1,3-4,7-10,13,23-24H,2,5-6,11-12H2. The molecule has 0 amide bonds. The zero-order valence-electron chi connectivity index (χ0n) is 13.8. The third kappa shape index (κ3) is 4.25. The van der Waals surface area contributed by atoms with Crippen LogP contribution in [0.15, 0.2) is 48.5 Å². The maximum atomic E-state index is 12.9. The molecule has 0 bridgehead atoms. The van der Waals surface area contributed by atoms with Crippen LogP contribution in [0.2, 0.25) is 5.02 Å². The van der Waals surface area contributed by atoms with Crippen LogP contribution in [0.4, 0.5) is 5.69 Å². The Kier molecular flexibility index (Phi) is 6.16. The van der Waals surface area contributed by atoms with E-state index in [2.05, 4.69) is 26.2 Å². The summed E-state index contributed by atoms with van der Waals surface area (Å²) < 4.78 is 0. The van der Waals surface area contributed by atoms with E-state index in [1.54, 1.807) is 0 Å². The van der Waals surface area contributed by atoms with E-state index in [4.69, 9.17) is 11.6 Å². The first-order valence-corrected chi connectivity index (χ1v) is 9.91. The van der Waals surface area contributed by atoms with Crippen LogP contribution in [0.3, 0.4) is 0 Å². The Morgan fingerprint density at radius 2 is 1.88 bits per heavy atom. The number of aromatic amines is 1. The van der Waals surface area contributed by atoms with Crippen LogP contribution in [-0.2, 0) is 0 Å². The molecule has 0 aliphatic carbocycles. The van der Waals surface area contributed by atoms with Crippen molar-refractivity contribution in [3.05, 3.63) is 64.8 Å². The molecule has 0 aliphatic heterocycles. The number of anilines is 1. The minimum Gasteiger partial charge on any atom is -0.383 e. The SMILES string of the molecule is O=C(c1ccccc1)c1[nH]c2cc(Cl)ccc2c1NCCCCCBr. The Bertz CT molecular complexity index is 861. The van der Waals surface area contributed by atoms with E-state index < -0.39 is 0 Å². The van der Waals surface area contributed by atoms with Crippen LogP contribution in [-0.4, -0.2) is 22.6 Å². The summed E-state index contributed by atoms with van der Waals surface area (Å²) in [6.45, 7) is 0.831. The predicted molar refractivity (Wildman–Crippen MR) is 109 cm³/mol. The fourth-order valence-corrected chi connectivity index (χ4v) is 3.44. The normalized spacial score (nSPS) is 11.0. The molecule has 0 saturated carbocycles. The molecule has 0 saturated heterocycles. The van der Waals surface area contributed by atoms with Crippen molar-refractivity contribution in [1.29, 1.82) is 0 Å². The number of carbonyl (C=O) groups is 1. The Hall–Kier alpha value is -1.78. The number of hydrogen-bond donors (Lipinski definition) is 2. The summed E-state index contributed by atoms with van der Waals surface area (Å²) in [5.41, 5.74) is 2.99. The molecule has 0 fully saturated rings. The Balaban J connectivity index is 1.92. The van der Waals surface area contributed by atoms with E-state index in [9.17, 15) is 4.79 Å². The van der Waals surface area contributed by atoms with Crippen molar-refractivity contribution in [2.24, 2.45) is 0 Å². The number of hydrogen-bond acceptors (Lipinski definition) is 2. The van der Waals surface area contributed by atoms with E-state index in [0.29, 0.717) is 16.3 Å². The second kappa shape index (κ2) is 8.54. The molecular formula is C20H20BrClN2O. The number of rotatable bonds is 8. The van der Waals surface area contributed by atoms with Gasteiger partial charge in [-0.3, -0.25) is 4.79 Å². The maximum absolute atomic E-state index is 12.9. The fraction of sp³-hybridized carbons (Fsp3) is 0.250. The number of halogens is 2. The highest BCUT2D eigenvalue weighted by Gasteiger charge is 2.19. The lowest BCUT2D eigenvalue weighted by Crippen LogP contribution is -2.08. The van der Waals surface area contributed by atoms with Gasteiger partial charge in [-0.1, -0.05) is 64.3 Å². The number of benzene rings is 2. The maximum Gasteiger partial charge on any atom is 0.211 e. The Morgan fingerprint density at radius 3 is 2.64 bits per heavy atom. The van der Waals surface area contributed by atoms with Gasteiger partial charge in [-0.05, 0) is 31.0 Å². The van der Waals surface area contributed by atoms with Crippen molar-refractivity contribution < 1.29 is 4.79 Å². The summed E-state index contributed by atoms with van der Waals surface area (Å²) >= 11 is 9.56. The molecule has 0 aliphatic rings. The van der Waals surface area contributed by atoms with Crippen LogP contribution in [0.1, 0.15) is 35.3 Å². The smallest absolute Gasteiger partial charge is 0.211 e. The molecule has 0 unspecified atom stereocenters. The second-order valence-corrected chi connectivity index (χ2v) is 7.17. The first kappa shape index (κ1) is 18.0. The van der Waals surface area contributed by atoms with Crippen molar-refractivity contribution in [3.63, 3.8) is 0 Å². The van der Waals surface area contributed by atoms with E-state index >= 15 is 0 Å². The number of alkyl halides is 1. The quantitative estimate of drug-likeness (QED) is 0.266. The van der Waals surface area contributed by atoms with E-state index in [1.807, 2.05) is 48.5 Å². The highest BCUT2D eigenvalue weighted by Crippen LogP contribution is 2.31. The van der Waals surface area contributed by atoms with E-state index in [-0.39, 0.29) is 5.78 Å². The van der Waals surface area contributed by atoms with Crippen molar-refractivity contribution in [2.75, 3.05) is 17.2 Å². The molecule has 0 spiro atoms. The zero-order valence-corrected chi connectivity index (χ0v) is 16.2. The van der Waals surface area contributed by atoms with Gasteiger partial charge in [0.05, 0.1) is 5.69 Å². The molecule has 5 heteroatoms. The lowest BCUT2D eigenvalue weighted by atomic mass is 10.1. The lowest BCUT2D eigenvalue weighted by molar-refractivity contribution is 0.103. The molecule has 25 heavy (non-hydrogen) atoms. The average molecular weight is 420 g/mol. The summed E-state index contributed by atoms with van der Waals surface area (Å²) in [6, 6.07) is 15.0. The van der Waals surface area contributed by atoms with Gasteiger partial charge >= 0.3 is 0 Å². The molecule has 0 radical (unpaired) electrons. The van der Waals surface area contributed by atoms with Gasteiger partial charge < -0.3 is 10.3 Å². The molecule has 3 rings (SSSR count). The summed E-state index contributed by atoms with van der Waals surface area (Å²) in [7, 11) is 0. The monoisotopic (exact) mass is 418 g/mol. The number of ketones is 1. The van der Waals surface area contributed by atoms with Crippen molar-refractivity contribution in [1.82, 2.24) is 4.98 Å². The molecule has 2 N–H and O–H groups in total. The van der Waals surface area contributed by atoms with Crippen molar-refractivity contribution in [3.8, 4) is 0 Å². The van der Waals surface area contributed by atoms with Crippen LogP contribution in [0.25, 0.3) is 10.9 Å².